The molecule has 0 N–H and O–H groups in total. The zero-order chi connectivity index (χ0) is 18.2. The van der Waals surface area contributed by atoms with E-state index in [2.05, 4.69) is 15.0 Å². The first-order valence-corrected chi connectivity index (χ1v) is 7.91. The summed E-state index contributed by atoms with van der Waals surface area (Å²) in [5, 5.41) is 0.814. The third-order valence-electron chi connectivity index (χ3n) is 3.34. The van der Waals surface area contributed by atoms with Crippen LogP contribution in [-0.2, 0) is 0 Å². The highest BCUT2D eigenvalue weighted by molar-refractivity contribution is 7.93. The van der Waals surface area contributed by atoms with Crippen molar-refractivity contribution in [1.82, 2.24) is 18.9 Å². The molecule has 0 aliphatic carbocycles. The molecule has 0 aliphatic rings. The number of rotatable bonds is 4. The molecule has 0 aliphatic heterocycles. The smallest absolute Gasteiger partial charge is 0.335 e. The molecule has 3 aromatic rings. The van der Waals surface area contributed by atoms with Crippen molar-refractivity contribution in [3.63, 3.8) is 0 Å². The molecule has 0 saturated heterocycles. The van der Waals surface area contributed by atoms with E-state index in [1.54, 1.807) is 6.07 Å². The Morgan fingerprint density at radius 2 is 2.04 bits per heavy atom. The van der Waals surface area contributed by atoms with Crippen LogP contribution in [0.3, 0.4) is 0 Å². The summed E-state index contributed by atoms with van der Waals surface area (Å²) < 4.78 is 52.3. The largest absolute Gasteiger partial charge is 0.406 e. The minimum absolute atomic E-state index is 0.0644. The van der Waals surface area contributed by atoms with Crippen LogP contribution in [0.1, 0.15) is 0 Å². The number of halogens is 5. The Kier molecular flexibility index (Phi) is 4.74. The Labute approximate surface area is 149 Å². The summed E-state index contributed by atoms with van der Waals surface area (Å²) in [6, 6.07) is 4.60. The van der Waals surface area contributed by atoms with Crippen LogP contribution in [0, 0.1) is 0 Å². The van der Waals surface area contributed by atoms with Gasteiger partial charge in [-0.1, -0.05) is 11.6 Å². The molecular formula is C14H10ClF4N5S. The van der Waals surface area contributed by atoms with Gasteiger partial charge in [0.1, 0.15) is 11.7 Å². The molecule has 0 amide bonds. The van der Waals surface area contributed by atoms with Gasteiger partial charge in [0.15, 0.2) is 12.3 Å². The molecule has 5 nitrogen and oxygen atoms in total. The van der Waals surface area contributed by atoms with Crippen LogP contribution in [0.5, 0.6) is 0 Å². The van der Waals surface area contributed by atoms with Gasteiger partial charge in [-0.05, 0) is 12.1 Å². The molecule has 0 bridgehead atoms. The van der Waals surface area contributed by atoms with Crippen LogP contribution in [0.25, 0.3) is 22.3 Å². The van der Waals surface area contributed by atoms with Crippen LogP contribution >= 0.6 is 23.9 Å². The topological polar surface area (TPSA) is 46.8 Å². The minimum Gasteiger partial charge on any atom is -0.335 e. The Morgan fingerprint density at radius 3 is 2.72 bits per heavy atom. The number of nitrogens with zero attached hydrogens (tertiary/aromatic N) is 5. The van der Waals surface area contributed by atoms with Crippen molar-refractivity contribution < 1.29 is 17.1 Å². The second-order valence-corrected chi connectivity index (χ2v) is 6.06. The van der Waals surface area contributed by atoms with Crippen molar-refractivity contribution in [3.05, 3.63) is 35.7 Å². The normalized spacial score (nSPS) is 11.9. The molecular weight excluding hydrogens is 382 g/mol. The van der Waals surface area contributed by atoms with Gasteiger partial charge in [-0.3, -0.25) is 3.97 Å². The molecule has 0 aromatic carbocycles. The molecule has 0 atom stereocenters. The fraction of sp³-hybridized carbons (Fsp3) is 0.214. The average molecular weight is 392 g/mol. The molecule has 0 unspecified atom stereocenters. The van der Waals surface area contributed by atoms with E-state index in [1.165, 1.54) is 35.5 Å². The highest BCUT2D eigenvalue weighted by Gasteiger charge is 2.30. The van der Waals surface area contributed by atoms with Crippen molar-refractivity contribution in [2.45, 2.75) is 6.18 Å². The molecule has 11 heteroatoms. The van der Waals surface area contributed by atoms with Gasteiger partial charge < -0.3 is 4.90 Å². The van der Waals surface area contributed by atoms with E-state index in [0.29, 0.717) is 16.6 Å². The van der Waals surface area contributed by atoms with E-state index in [-0.39, 0.29) is 29.1 Å². The van der Waals surface area contributed by atoms with Crippen LogP contribution in [0.15, 0.2) is 30.6 Å². The predicted molar refractivity (Wildman–Crippen MR) is 89.2 cm³/mol. The lowest BCUT2D eigenvalue weighted by atomic mass is 10.3. The van der Waals surface area contributed by atoms with Crippen LogP contribution in [0.2, 0.25) is 5.15 Å². The number of aromatic nitrogens is 4. The molecule has 3 heterocycles. The predicted octanol–water partition coefficient (Wildman–Crippen LogP) is 4.53. The number of pyridine rings is 1. The monoisotopic (exact) mass is 391 g/mol. The van der Waals surface area contributed by atoms with Gasteiger partial charge in [0.05, 0.1) is 16.9 Å². The molecule has 0 spiro atoms. The molecule has 132 valence electrons. The van der Waals surface area contributed by atoms with Crippen molar-refractivity contribution in [2.75, 3.05) is 18.5 Å². The third-order valence-corrected chi connectivity index (χ3v) is 4.08. The Bertz CT molecular complexity index is 914. The van der Waals surface area contributed by atoms with Gasteiger partial charge in [0.25, 0.3) is 0 Å². The van der Waals surface area contributed by atoms with Gasteiger partial charge >= 0.3 is 6.18 Å². The summed E-state index contributed by atoms with van der Waals surface area (Å²) >= 11 is 5.77. The van der Waals surface area contributed by atoms with E-state index in [4.69, 9.17) is 11.6 Å². The minimum atomic E-state index is -4.39. The number of hydrogen-bond donors (Lipinski definition) is 0. The summed E-state index contributed by atoms with van der Waals surface area (Å²) in [6.45, 7) is -1.20. The first kappa shape index (κ1) is 17.7. The van der Waals surface area contributed by atoms with Gasteiger partial charge in [-0.2, -0.15) is 13.2 Å². The zero-order valence-corrected chi connectivity index (χ0v) is 14.2. The van der Waals surface area contributed by atoms with E-state index in [0.717, 1.165) is 4.90 Å². The van der Waals surface area contributed by atoms with Gasteiger partial charge in [0.2, 0.25) is 5.95 Å². The average Bonchev–Trinajstić information content (AvgIpc) is 2.91. The SMILES string of the molecule is CN(CC(F)(F)F)c1nccc(-c2cc3cnc(Cl)cc3n2SF)n1. The van der Waals surface area contributed by atoms with E-state index in [9.17, 15) is 17.1 Å². The second kappa shape index (κ2) is 6.68. The number of fused-ring (bicyclic) bond motifs is 1. The van der Waals surface area contributed by atoms with Crippen molar-refractivity contribution >= 4 is 40.8 Å². The molecule has 0 fully saturated rings. The fourth-order valence-corrected chi connectivity index (χ4v) is 2.93. The summed E-state index contributed by atoms with van der Waals surface area (Å²) in [5.74, 6) is -0.119. The highest BCUT2D eigenvalue weighted by Crippen LogP contribution is 2.32. The van der Waals surface area contributed by atoms with Crippen LogP contribution in [0.4, 0.5) is 23.0 Å². The van der Waals surface area contributed by atoms with Crippen molar-refractivity contribution in [3.8, 4) is 11.4 Å². The highest BCUT2D eigenvalue weighted by atomic mass is 35.5. The van der Waals surface area contributed by atoms with Gasteiger partial charge in [-0.15, -0.1) is 3.89 Å². The maximum absolute atomic E-state index is 13.5. The lowest BCUT2D eigenvalue weighted by Gasteiger charge is -2.19. The second-order valence-electron chi connectivity index (χ2n) is 5.17. The fourth-order valence-electron chi connectivity index (χ4n) is 2.32. The van der Waals surface area contributed by atoms with E-state index < -0.39 is 12.7 Å². The molecule has 3 aromatic heterocycles. The lowest BCUT2D eigenvalue weighted by molar-refractivity contribution is -0.119. The quantitative estimate of drug-likeness (QED) is 0.483. The van der Waals surface area contributed by atoms with Crippen molar-refractivity contribution in [2.24, 2.45) is 0 Å². The molecule has 0 radical (unpaired) electrons. The van der Waals surface area contributed by atoms with Gasteiger partial charge in [0, 0.05) is 30.9 Å². The molecule has 0 saturated carbocycles. The van der Waals surface area contributed by atoms with Crippen LogP contribution in [-0.4, -0.2) is 38.7 Å². The van der Waals surface area contributed by atoms with Crippen molar-refractivity contribution in [1.29, 1.82) is 0 Å². The maximum atomic E-state index is 13.5. The number of hydrogen-bond acceptors (Lipinski definition) is 5. The van der Waals surface area contributed by atoms with Crippen LogP contribution < -0.4 is 4.90 Å². The third kappa shape index (κ3) is 3.79. The first-order valence-electron chi connectivity index (χ1n) is 6.86. The number of alkyl halides is 3. The standard InChI is InChI=1S/C14H10ClF4N5S/c1-23(7-14(16,17)18)13-20-3-2-9(22-13)11-4-8-6-21-12(15)5-10(8)24(11)25-19/h2-6H,7H2,1H3. The van der Waals surface area contributed by atoms with Gasteiger partial charge in [-0.25, -0.2) is 15.0 Å². The Morgan fingerprint density at radius 1 is 1.28 bits per heavy atom. The summed E-state index contributed by atoms with van der Waals surface area (Å²) in [5.41, 5.74) is 1.11. The summed E-state index contributed by atoms with van der Waals surface area (Å²) in [4.78, 5) is 12.8. The Hall–Kier alpha value is -2.07. The van der Waals surface area contributed by atoms with E-state index in [1.807, 2.05) is 0 Å². The number of anilines is 1. The summed E-state index contributed by atoms with van der Waals surface area (Å²) in [7, 11) is 1.23. The Balaban J connectivity index is 2.05. The zero-order valence-electron chi connectivity index (χ0n) is 12.6. The molecule has 25 heavy (non-hydrogen) atoms. The maximum Gasteiger partial charge on any atom is 0.406 e. The van der Waals surface area contributed by atoms with E-state index >= 15 is 0 Å². The molecule has 3 rings (SSSR count). The summed E-state index contributed by atoms with van der Waals surface area (Å²) in [6.07, 6.45) is -1.59. The lowest BCUT2D eigenvalue weighted by Crippen LogP contribution is -2.32. The first-order chi connectivity index (χ1) is 11.8.